The molecule has 4 rings (SSSR count). The van der Waals surface area contributed by atoms with E-state index in [1.165, 1.54) is 17.0 Å². The summed E-state index contributed by atoms with van der Waals surface area (Å²) in [7, 11) is 0. The summed E-state index contributed by atoms with van der Waals surface area (Å²) in [5.41, 5.74) is 0.969. The number of benzene rings is 2. The first-order valence-electron chi connectivity index (χ1n) is 9.10. The lowest BCUT2D eigenvalue weighted by Crippen LogP contribution is -2.47. The van der Waals surface area contributed by atoms with Gasteiger partial charge in [0.15, 0.2) is 11.5 Å². The minimum Gasteiger partial charge on any atom is -0.454 e. The van der Waals surface area contributed by atoms with Crippen molar-refractivity contribution in [2.75, 3.05) is 18.7 Å². The van der Waals surface area contributed by atoms with Gasteiger partial charge in [-0.05, 0) is 42.7 Å². The van der Waals surface area contributed by atoms with Crippen LogP contribution in [0.25, 0.3) is 0 Å². The summed E-state index contributed by atoms with van der Waals surface area (Å²) in [6.45, 7) is 0.955. The van der Waals surface area contributed by atoms with E-state index in [4.69, 9.17) is 9.47 Å². The van der Waals surface area contributed by atoms with E-state index < -0.39 is 17.9 Å². The first-order chi connectivity index (χ1) is 13.6. The Morgan fingerprint density at radius 2 is 1.96 bits per heavy atom. The summed E-state index contributed by atoms with van der Waals surface area (Å²) < 4.78 is 24.4. The summed E-state index contributed by atoms with van der Waals surface area (Å²) in [5.74, 6) is 0.582. The van der Waals surface area contributed by atoms with Gasteiger partial charge in [0.2, 0.25) is 12.7 Å². The minimum absolute atomic E-state index is 0.0962. The fourth-order valence-corrected chi connectivity index (χ4v) is 3.39. The molecule has 0 radical (unpaired) electrons. The highest BCUT2D eigenvalue weighted by atomic mass is 19.1. The number of halogens is 1. The average molecular weight is 385 g/mol. The molecule has 7 nitrogen and oxygen atoms in total. The number of hydrogen-bond acceptors (Lipinski definition) is 4. The van der Waals surface area contributed by atoms with E-state index in [1.807, 2.05) is 12.1 Å². The lowest BCUT2D eigenvalue weighted by atomic mass is 10.1. The molecule has 2 aliphatic rings. The van der Waals surface area contributed by atoms with Gasteiger partial charge in [-0.15, -0.1) is 0 Å². The number of urea groups is 1. The largest absolute Gasteiger partial charge is 0.454 e. The maximum Gasteiger partial charge on any atom is 0.322 e. The number of amides is 3. The van der Waals surface area contributed by atoms with Crippen molar-refractivity contribution in [2.45, 2.75) is 25.4 Å². The average Bonchev–Trinajstić information content (AvgIpc) is 3.36. The highest BCUT2D eigenvalue weighted by Gasteiger charge is 2.34. The van der Waals surface area contributed by atoms with Crippen molar-refractivity contribution in [3.8, 4) is 11.5 Å². The maximum atomic E-state index is 13.8. The molecule has 2 heterocycles. The summed E-state index contributed by atoms with van der Waals surface area (Å²) in [4.78, 5) is 26.6. The molecule has 0 aliphatic carbocycles. The van der Waals surface area contributed by atoms with Crippen molar-refractivity contribution in [1.29, 1.82) is 0 Å². The van der Waals surface area contributed by atoms with Crippen molar-refractivity contribution >= 4 is 17.6 Å². The fourth-order valence-electron chi connectivity index (χ4n) is 3.39. The number of likely N-dealkylation sites (tertiary alicyclic amines) is 1. The van der Waals surface area contributed by atoms with Crippen LogP contribution in [0.1, 0.15) is 18.4 Å². The van der Waals surface area contributed by atoms with Gasteiger partial charge in [0.1, 0.15) is 11.9 Å². The van der Waals surface area contributed by atoms with Crippen molar-refractivity contribution in [3.05, 3.63) is 53.8 Å². The van der Waals surface area contributed by atoms with Crippen LogP contribution in [-0.2, 0) is 11.3 Å². The number of nitrogens with zero attached hydrogens (tertiary/aromatic N) is 1. The number of anilines is 1. The molecule has 28 heavy (non-hydrogen) atoms. The molecule has 2 aromatic carbocycles. The number of hydrogen-bond donors (Lipinski definition) is 2. The van der Waals surface area contributed by atoms with Crippen LogP contribution in [0.15, 0.2) is 42.5 Å². The van der Waals surface area contributed by atoms with Gasteiger partial charge in [-0.1, -0.05) is 18.2 Å². The molecule has 0 spiro atoms. The molecule has 8 heteroatoms. The smallest absolute Gasteiger partial charge is 0.322 e. The summed E-state index contributed by atoms with van der Waals surface area (Å²) >= 11 is 0. The maximum absolute atomic E-state index is 13.8. The van der Waals surface area contributed by atoms with Crippen LogP contribution in [0, 0.1) is 5.82 Å². The van der Waals surface area contributed by atoms with Crippen molar-refractivity contribution in [3.63, 3.8) is 0 Å². The van der Waals surface area contributed by atoms with E-state index in [1.54, 1.807) is 18.2 Å². The predicted octanol–water partition coefficient (Wildman–Crippen LogP) is 2.87. The fraction of sp³-hybridized carbons (Fsp3) is 0.300. The molecule has 3 amide bonds. The van der Waals surface area contributed by atoms with Crippen LogP contribution in [0.4, 0.5) is 14.9 Å². The van der Waals surface area contributed by atoms with E-state index in [-0.39, 0.29) is 18.4 Å². The van der Waals surface area contributed by atoms with Crippen molar-refractivity contribution in [1.82, 2.24) is 10.2 Å². The monoisotopic (exact) mass is 385 g/mol. The predicted molar refractivity (Wildman–Crippen MR) is 99.6 cm³/mol. The highest BCUT2D eigenvalue weighted by molar-refractivity contribution is 5.94. The number of para-hydroxylation sites is 1. The third-order valence-electron chi connectivity index (χ3n) is 4.84. The Morgan fingerprint density at radius 1 is 1.14 bits per heavy atom. The molecule has 0 aromatic heterocycles. The van der Waals surface area contributed by atoms with E-state index >= 15 is 0 Å². The van der Waals surface area contributed by atoms with Crippen LogP contribution in [-0.4, -0.2) is 36.2 Å². The zero-order valence-electron chi connectivity index (χ0n) is 15.1. The molecule has 2 aliphatic heterocycles. The van der Waals surface area contributed by atoms with Gasteiger partial charge in [-0.25, -0.2) is 9.18 Å². The van der Waals surface area contributed by atoms with Crippen LogP contribution < -0.4 is 20.1 Å². The number of nitrogens with one attached hydrogen (secondary N) is 2. The summed E-state index contributed by atoms with van der Waals surface area (Å²) in [6.07, 6.45) is 1.28. The van der Waals surface area contributed by atoms with E-state index in [0.29, 0.717) is 37.4 Å². The number of rotatable bonds is 4. The summed E-state index contributed by atoms with van der Waals surface area (Å²) in [5, 5.41) is 5.40. The normalized spacial score (nSPS) is 17.5. The molecule has 2 N–H and O–H groups in total. The first-order valence-corrected chi connectivity index (χ1v) is 9.10. The molecule has 0 saturated carbocycles. The second-order valence-electron chi connectivity index (χ2n) is 6.67. The zero-order valence-corrected chi connectivity index (χ0v) is 15.1. The third-order valence-corrected chi connectivity index (χ3v) is 4.84. The van der Waals surface area contributed by atoms with Crippen molar-refractivity contribution in [2.24, 2.45) is 0 Å². The van der Waals surface area contributed by atoms with Crippen LogP contribution in [0.3, 0.4) is 0 Å². The Balaban J connectivity index is 1.36. The van der Waals surface area contributed by atoms with Gasteiger partial charge < -0.3 is 25.0 Å². The van der Waals surface area contributed by atoms with Gasteiger partial charge in [-0.2, -0.15) is 0 Å². The number of carbonyl (C=O) groups excluding carboxylic acids is 2. The molecule has 1 unspecified atom stereocenters. The first kappa shape index (κ1) is 18.1. The van der Waals surface area contributed by atoms with E-state index in [0.717, 1.165) is 5.56 Å². The Bertz CT molecular complexity index is 905. The topological polar surface area (TPSA) is 79.9 Å². The number of ether oxygens (including phenoxy) is 2. The lowest BCUT2D eigenvalue weighted by Gasteiger charge is -2.24. The van der Waals surface area contributed by atoms with E-state index in [2.05, 4.69) is 10.6 Å². The molecule has 1 fully saturated rings. The molecule has 1 atom stereocenters. The quantitative estimate of drug-likeness (QED) is 0.848. The molecule has 0 bridgehead atoms. The second-order valence-corrected chi connectivity index (χ2v) is 6.67. The molecular weight excluding hydrogens is 365 g/mol. The number of carbonyl (C=O) groups is 2. The van der Waals surface area contributed by atoms with Gasteiger partial charge in [0.05, 0.1) is 5.69 Å². The Kier molecular flexibility index (Phi) is 5.01. The highest BCUT2D eigenvalue weighted by Crippen LogP contribution is 2.32. The van der Waals surface area contributed by atoms with Crippen LogP contribution >= 0.6 is 0 Å². The molecular formula is C20H20FN3O4. The summed E-state index contributed by atoms with van der Waals surface area (Å²) in [6, 6.07) is 10.4. The third kappa shape index (κ3) is 3.71. The van der Waals surface area contributed by atoms with Gasteiger partial charge in [0.25, 0.3) is 0 Å². The van der Waals surface area contributed by atoms with E-state index in [9.17, 15) is 14.0 Å². The Hall–Kier alpha value is -3.29. The van der Waals surface area contributed by atoms with Gasteiger partial charge in [0, 0.05) is 13.1 Å². The van der Waals surface area contributed by atoms with Gasteiger partial charge >= 0.3 is 6.03 Å². The van der Waals surface area contributed by atoms with Gasteiger partial charge in [-0.3, -0.25) is 4.79 Å². The Labute approximate surface area is 161 Å². The number of fused-ring (bicyclic) bond motifs is 1. The second kappa shape index (κ2) is 7.75. The molecule has 146 valence electrons. The van der Waals surface area contributed by atoms with Crippen LogP contribution in [0.2, 0.25) is 0 Å². The van der Waals surface area contributed by atoms with Crippen LogP contribution in [0.5, 0.6) is 11.5 Å². The minimum atomic E-state index is -0.583. The van der Waals surface area contributed by atoms with Crippen molar-refractivity contribution < 1.29 is 23.5 Å². The Morgan fingerprint density at radius 3 is 2.82 bits per heavy atom. The SMILES string of the molecule is O=C(NCc1ccc2c(c1)OCO2)C1CCCN1C(=O)Nc1ccccc1F. The molecule has 2 aromatic rings. The lowest BCUT2D eigenvalue weighted by molar-refractivity contribution is -0.124. The standard InChI is InChI=1S/C20H20FN3O4/c21-14-4-1-2-5-15(14)23-20(26)24-9-3-6-16(24)19(25)22-11-13-7-8-17-18(10-13)28-12-27-17/h1-2,4-5,7-8,10,16H,3,6,9,11-12H2,(H,22,25)(H,23,26). The zero-order chi connectivity index (χ0) is 19.5. The molecule has 1 saturated heterocycles.